The molecular formula is C21H28F4N2O3. The van der Waals surface area contributed by atoms with Crippen molar-refractivity contribution < 1.29 is 31.8 Å². The summed E-state index contributed by atoms with van der Waals surface area (Å²) in [4.78, 5) is 17.5. The van der Waals surface area contributed by atoms with Gasteiger partial charge in [-0.1, -0.05) is 12.1 Å². The van der Waals surface area contributed by atoms with Gasteiger partial charge in [0.05, 0.1) is 5.41 Å². The zero-order valence-corrected chi connectivity index (χ0v) is 16.9. The Hall–Kier alpha value is -1.71. The maximum absolute atomic E-state index is 13.5. The number of piperazine rings is 1. The van der Waals surface area contributed by atoms with Gasteiger partial charge < -0.3 is 14.4 Å². The van der Waals surface area contributed by atoms with Crippen LogP contribution >= 0.6 is 0 Å². The van der Waals surface area contributed by atoms with Crippen LogP contribution in [0.1, 0.15) is 24.8 Å². The van der Waals surface area contributed by atoms with E-state index in [0.717, 1.165) is 5.56 Å². The van der Waals surface area contributed by atoms with E-state index in [1.54, 1.807) is 12.1 Å². The lowest BCUT2D eigenvalue weighted by atomic mass is 9.73. The second kappa shape index (κ2) is 10.1. The summed E-state index contributed by atoms with van der Waals surface area (Å²) in [5.74, 6) is -0.285. The predicted molar refractivity (Wildman–Crippen MR) is 103 cm³/mol. The van der Waals surface area contributed by atoms with Gasteiger partial charge in [-0.05, 0) is 37.0 Å². The molecule has 5 nitrogen and oxygen atoms in total. The smallest absolute Gasteiger partial charge is 0.381 e. The molecule has 0 atom stereocenters. The number of ether oxygens (including phenoxy) is 2. The van der Waals surface area contributed by atoms with Crippen molar-refractivity contribution >= 4 is 5.91 Å². The number of hydrogen-bond acceptors (Lipinski definition) is 4. The Labute approximate surface area is 173 Å². The molecule has 0 radical (unpaired) electrons. The number of nitrogens with zero attached hydrogens (tertiary/aromatic N) is 2. The van der Waals surface area contributed by atoms with Crippen molar-refractivity contribution in [2.24, 2.45) is 0 Å². The van der Waals surface area contributed by atoms with Crippen LogP contribution in [0.2, 0.25) is 0 Å². The number of carbonyl (C=O) groups excluding carboxylic acids is 1. The third-order valence-electron chi connectivity index (χ3n) is 5.84. The summed E-state index contributed by atoms with van der Waals surface area (Å²) in [6, 6.07) is 6.16. The average molecular weight is 432 g/mol. The molecule has 0 spiro atoms. The molecule has 2 aliphatic heterocycles. The molecule has 2 aliphatic rings. The molecule has 3 rings (SSSR count). The van der Waals surface area contributed by atoms with Crippen molar-refractivity contribution in [1.29, 1.82) is 0 Å². The van der Waals surface area contributed by atoms with Crippen LogP contribution in [0.5, 0.6) is 0 Å². The first-order valence-corrected chi connectivity index (χ1v) is 10.3. The summed E-state index contributed by atoms with van der Waals surface area (Å²) in [6.07, 6.45) is -2.65. The minimum atomic E-state index is -4.30. The van der Waals surface area contributed by atoms with Gasteiger partial charge in [0.2, 0.25) is 5.91 Å². The van der Waals surface area contributed by atoms with E-state index >= 15 is 0 Å². The molecule has 2 heterocycles. The average Bonchev–Trinajstić information content (AvgIpc) is 2.73. The monoisotopic (exact) mass is 432 g/mol. The fourth-order valence-electron chi connectivity index (χ4n) is 4.17. The van der Waals surface area contributed by atoms with E-state index in [1.165, 1.54) is 12.1 Å². The van der Waals surface area contributed by atoms with Gasteiger partial charge in [0.15, 0.2) is 0 Å². The Morgan fingerprint density at radius 2 is 1.70 bits per heavy atom. The number of rotatable bonds is 7. The molecule has 30 heavy (non-hydrogen) atoms. The molecule has 0 aromatic heterocycles. The topological polar surface area (TPSA) is 42.0 Å². The van der Waals surface area contributed by atoms with Gasteiger partial charge in [-0.25, -0.2) is 4.39 Å². The predicted octanol–water partition coefficient (Wildman–Crippen LogP) is 2.99. The SMILES string of the molecule is O=C(N1CCN(CCCOCC(F)(F)F)CC1)C1(c2ccc(F)cc2)CCOCC1. The number of carbonyl (C=O) groups is 1. The first-order valence-electron chi connectivity index (χ1n) is 10.3. The van der Waals surface area contributed by atoms with Crippen molar-refractivity contribution in [3.05, 3.63) is 35.6 Å². The highest BCUT2D eigenvalue weighted by Gasteiger charge is 2.44. The number of hydrogen-bond donors (Lipinski definition) is 0. The Bertz CT molecular complexity index is 682. The molecular weight excluding hydrogens is 404 g/mol. The highest BCUT2D eigenvalue weighted by atomic mass is 19.4. The number of benzene rings is 1. The minimum absolute atomic E-state index is 0.0468. The van der Waals surface area contributed by atoms with Gasteiger partial charge >= 0.3 is 6.18 Å². The fraction of sp³-hybridized carbons (Fsp3) is 0.667. The summed E-state index contributed by atoms with van der Waals surface area (Å²) in [5.41, 5.74) is 0.126. The van der Waals surface area contributed by atoms with E-state index in [4.69, 9.17) is 4.74 Å². The van der Waals surface area contributed by atoms with Crippen molar-refractivity contribution in [3.8, 4) is 0 Å². The van der Waals surface area contributed by atoms with Gasteiger partial charge in [0, 0.05) is 52.5 Å². The van der Waals surface area contributed by atoms with Crippen LogP contribution in [0, 0.1) is 5.82 Å². The summed E-state index contributed by atoms with van der Waals surface area (Å²) in [6.45, 7) is 2.91. The van der Waals surface area contributed by atoms with Crippen molar-refractivity contribution in [1.82, 2.24) is 9.80 Å². The summed E-state index contributed by atoms with van der Waals surface area (Å²) in [7, 11) is 0. The van der Waals surface area contributed by atoms with E-state index < -0.39 is 18.2 Å². The van der Waals surface area contributed by atoms with Crippen LogP contribution < -0.4 is 0 Å². The lowest BCUT2D eigenvalue weighted by Crippen LogP contribution is -2.56. The molecule has 2 saturated heterocycles. The Kier molecular flexibility index (Phi) is 7.70. The first kappa shape index (κ1) is 23.0. The molecule has 1 aromatic carbocycles. The van der Waals surface area contributed by atoms with Crippen LogP contribution in [-0.4, -0.2) is 81.0 Å². The molecule has 0 bridgehead atoms. The van der Waals surface area contributed by atoms with E-state index in [0.29, 0.717) is 65.2 Å². The standard InChI is InChI=1S/C21H28F4N2O3/c22-18-4-2-17(3-5-18)20(6-14-29-15-7-20)19(28)27-11-9-26(10-12-27)8-1-13-30-16-21(23,24)25/h2-5H,1,6-16H2. The molecule has 0 saturated carbocycles. The van der Waals surface area contributed by atoms with E-state index in [9.17, 15) is 22.4 Å². The molecule has 2 fully saturated rings. The fourth-order valence-corrected chi connectivity index (χ4v) is 4.17. The van der Waals surface area contributed by atoms with Gasteiger partial charge in [-0.3, -0.25) is 9.69 Å². The van der Waals surface area contributed by atoms with E-state index in [2.05, 4.69) is 9.64 Å². The second-order valence-electron chi connectivity index (χ2n) is 7.86. The normalized spacial score (nSPS) is 20.3. The Morgan fingerprint density at radius 1 is 1.07 bits per heavy atom. The number of amides is 1. The molecule has 0 unspecified atom stereocenters. The van der Waals surface area contributed by atoms with E-state index in [1.807, 2.05) is 4.90 Å². The highest BCUT2D eigenvalue weighted by Crippen LogP contribution is 2.37. The van der Waals surface area contributed by atoms with Crippen LogP contribution in [0.4, 0.5) is 17.6 Å². The van der Waals surface area contributed by atoms with Crippen molar-refractivity contribution in [2.45, 2.75) is 30.9 Å². The van der Waals surface area contributed by atoms with Crippen molar-refractivity contribution in [3.63, 3.8) is 0 Å². The first-order chi connectivity index (χ1) is 14.3. The van der Waals surface area contributed by atoms with Crippen LogP contribution in [0.25, 0.3) is 0 Å². The number of alkyl halides is 3. The molecule has 1 aromatic rings. The largest absolute Gasteiger partial charge is 0.411 e. The molecule has 1 amide bonds. The van der Waals surface area contributed by atoms with Crippen LogP contribution in [-0.2, 0) is 19.7 Å². The lowest BCUT2D eigenvalue weighted by molar-refractivity contribution is -0.174. The third-order valence-corrected chi connectivity index (χ3v) is 5.84. The van der Waals surface area contributed by atoms with Crippen LogP contribution in [0.15, 0.2) is 24.3 Å². The molecule has 0 N–H and O–H groups in total. The van der Waals surface area contributed by atoms with Gasteiger partial charge in [0.1, 0.15) is 12.4 Å². The molecule has 9 heteroatoms. The van der Waals surface area contributed by atoms with Gasteiger partial charge in [-0.2, -0.15) is 13.2 Å². The Balaban J connectivity index is 1.52. The lowest BCUT2D eigenvalue weighted by Gasteiger charge is -2.43. The zero-order chi connectivity index (χ0) is 21.6. The van der Waals surface area contributed by atoms with Gasteiger partial charge in [-0.15, -0.1) is 0 Å². The third kappa shape index (κ3) is 5.92. The second-order valence-corrected chi connectivity index (χ2v) is 7.86. The maximum Gasteiger partial charge on any atom is 0.411 e. The summed E-state index contributed by atoms with van der Waals surface area (Å²) < 4.78 is 59.8. The van der Waals surface area contributed by atoms with E-state index in [-0.39, 0.29) is 18.3 Å². The maximum atomic E-state index is 13.5. The summed E-state index contributed by atoms with van der Waals surface area (Å²) >= 11 is 0. The minimum Gasteiger partial charge on any atom is -0.381 e. The van der Waals surface area contributed by atoms with Gasteiger partial charge in [0.25, 0.3) is 0 Å². The zero-order valence-electron chi connectivity index (χ0n) is 16.9. The quantitative estimate of drug-likeness (QED) is 0.491. The van der Waals surface area contributed by atoms with Crippen LogP contribution in [0.3, 0.4) is 0 Å². The number of halogens is 4. The Morgan fingerprint density at radius 3 is 2.30 bits per heavy atom. The molecule has 168 valence electrons. The molecule has 0 aliphatic carbocycles. The highest BCUT2D eigenvalue weighted by molar-refractivity contribution is 5.88. The summed E-state index contributed by atoms with van der Waals surface area (Å²) in [5, 5.41) is 0. The van der Waals surface area contributed by atoms with Crippen molar-refractivity contribution in [2.75, 3.05) is 59.2 Å².